The van der Waals surface area contributed by atoms with Gasteiger partial charge in [-0.25, -0.2) is 9.97 Å². The average molecular weight is 266 g/mol. The molecule has 0 bridgehead atoms. The van der Waals surface area contributed by atoms with Crippen molar-refractivity contribution in [1.29, 1.82) is 0 Å². The molecule has 3 aromatic rings. The lowest BCUT2D eigenvalue weighted by molar-refractivity contribution is 0.660. The number of imidazole rings is 1. The molecule has 0 aliphatic rings. The highest BCUT2D eigenvalue weighted by molar-refractivity contribution is 5.74. The van der Waals surface area contributed by atoms with Crippen molar-refractivity contribution >= 4 is 17.1 Å². The van der Waals surface area contributed by atoms with E-state index in [-0.39, 0.29) is 0 Å². The fourth-order valence-electron chi connectivity index (χ4n) is 2.44. The van der Waals surface area contributed by atoms with Gasteiger partial charge in [0.2, 0.25) is 5.95 Å². The van der Waals surface area contributed by atoms with Crippen LogP contribution >= 0.6 is 0 Å². The summed E-state index contributed by atoms with van der Waals surface area (Å²) in [6.45, 7) is 2.85. The maximum absolute atomic E-state index is 5.99. The number of hydrogen-bond acceptors (Lipinski definition) is 3. The van der Waals surface area contributed by atoms with Gasteiger partial charge in [-0.2, -0.15) is 0 Å². The van der Waals surface area contributed by atoms with Crippen molar-refractivity contribution in [3.05, 3.63) is 53.7 Å². The Labute approximate surface area is 118 Å². The lowest BCUT2D eigenvalue weighted by Crippen LogP contribution is -2.05. The van der Waals surface area contributed by atoms with Crippen LogP contribution in [0.5, 0.6) is 0 Å². The molecule has 3 rings (SSSR count). The van der Waals surface area contributed by atoms with Gasteiger partial charge in [0.25, 0.3) is 0 Å². The highest BCUT2D eigenvalue weighted by Gasteiger charge is 2.09. The number of fused-ring (bicyclic) bond motifs is 1. The smallest absolute Gasteiger partial charge is 0.202 e. The molecule has 1 aromatic carbocycles. The number of nitrogens with zero attached hydrogens (tertiary/aromatic N) is 3. The Balaban J connectivity index is 1.76. The topological polar surface area (TPSA) is 56.7 Å². The quantitative estimate of drug-likeness (QED) is 0.790. The van der Waals surface area contributed by atoms with Crippen LogP contribution < -0.4 is 5.73 Å². The van der Waals surface area contributed by atoms with Crippen molar-refractivity contribution in [3.8, 4) is 0 Å². The van der Waals surface area contributed by atoms with E-state index in [9.17, 15) is 0 Å². The van der Waals surface area contributed by atoms with E-state index in [1.54, 1.807) is 0 Å². The number of nitrogens with two attached hydrogens (primary N) is 1. The SMILES string of the molecule is Cc1cnc2c(c1)nc(N)n2CCCc1ccccc1. The standard InChI is InChI=1S/C16H18N4/c1-12-10-14-15(18-11-12)20(16(17)19-14)9-5-8-13-6-3-2-4-7-13/h2-4,6-7,10-11H,5,8-9H2,1H3,(H2,17,19). The second kappa shape index (κ2) is 5.33. The van der Waals surface area contributed by atoms with Crippen LogP contribution in [0, 0.1) is 6.92 Å². The van der Waals surface area contributed by atoms with Crippen molar-refractivity contribution in [2.24, 2.45) is 0 Å². The van der Waals surface area contributed by atoms with E-state index in [4.69, 9.17) is 5.73 Å². The molecule has 0 unspecified atom stereocenters. The molecule has 0 saturated heterocycles. The van der Waals surface area contributed by atoms with Crippen LogP contribution in [0.15, 0.2) is 42.6 Å². The number of hydrogen-bond donors (Lipinski definition) is 1. The summed E-state index contributed by atoms with van der Waals surface area (Å²) in [7, 11) is 0. The Hall–Kier alpha value is -2.36. The lowest BCUT2D eigenvalue weighted by atomic mass is 10.1. The third kappa shape index (κ3) is 2.50. The van der Waals surface area contributed by atoms with Crippen molar-refractivity contribution in [2.75, 3.05) is 5.73 Å². The fourth-order valence-corrected chi connectivity index (χ4v) is 2.44. The maximum Gasteiger partial charge on any atom is 0.202 e. The van der Waals surface area contributed by atoms with E-state index >= 15 is 0 Å². The zero-order valence-corrected chi connectivity index (χ0v) is 11.6. The summed E-state index contributed by atoms with van der Waals surface area (Å²) in [5.41, 5.74) is 10.2. The first-order valence-corrected chi connectivity index (χ1v) is 6.86. The van der Waals surface area contributed by atoms with Gasteiger partial charge in [-0.15, -0.1) is 0 Å². The molecule has 2 heterocycles. The predicted molar refractivity (Wildman–Crippen MR) is 81.4 cm³/mol. The molecule has 0 fully saturated rings. The van der Waals surface area contributed by atoms with Crippen LogP contribution in [-0.4, -0.2) is 14.5 Å². The molecule has 0 atom stereocenters. The Morgan fingerprint density at radius 1 is 1.20 bits per heavy atom. The molecule has 102 valence electrons. The highest BCUT2D eigenvalue weighted by atomic mass is 15.2. The number of anilines is 1. The molecule has 0 amide bonds. The molecule has 2 aromatic heterocycles. The van der Waals surface area contributed by atoms with Crippen LogP contribution in [0.4, 0.5) is 5.95 Å². The predicted octanol–water partition coefficient (Wildman–Crippen LogP) is 2.95. The third-order valence-corrected chi connectivity index (χ3v) is 3.44. The summed E-state index contributed by atoms with van der Waals surface area (Å²) < 4.78 is 2.00. The van der Waals surface area contributed by atoms with Crippen LogP contribution in [0.3, 0.4) is 0 Å². The van der Waals surface area contributed by atoms with Crippen molar-refractivity contribution < 1.29 is 0 Å². The number of benzene rings is 1. The molecule has 4 nitrogen and oxygen atoms in total. The molecule has 0 aliphatic heterocycles. The summed E-state index contributed by atoms with van der Waals surface area (Å²) in [5, 5.41) is 0. The monoisotopic (exact) mass is 266 g/mol. The van der Waals surface area contributed by atoms with Gasteiger partial charge in [0, 0.05) is 12.7 Å². The van der Waals surface area contributed by atoms with Crippen molar-refractivity contribution in [3.63, 3.8) is 0 Å². The minimum absolute atomic E-state index is 0.547. The van der Waals surface area contributed by atoms with Crippen molar-refractivity contribution in [1.82, 2.24) is 14.5 Å². The second-order valence-corrected chi connectivity index (χ2v) is 5.07. The van der Waals surface area contributed by atoms with Gasteiger partial charge < -0.3 is 5.73 Å². The average Bonchev–Trinajstić information content (AvgIpc) is 2.75. The Morgan fingerprint density at radius 2 is 2.00 bits per heavy atom. The zero-order valence-electron chi connectivity index (χ0n) is 11.6. The Kier molecular flexibility index (Phi) is 3.37. The minimum Gasteiger partial charge on any atom is -0.369 e. The summed E-state index contributed by atoms with van der Waals surface area (Å²) in [5.74, 6) is 0.547. The minimum atomic E-state index is 0.547. The van der Waals surface area contributed by atoms with Gasteiger partial charge in [0.05, 0.1) is 0 Å². The normalized spacial score (nSPS) is 11.1. The first-order chi connectivity index (χ1) is 9.74. The van der Waals surface area contributed by atoms with Gasteiger partial charge in [-0.3, -0.25) is 4.57 Å². The first-order valence-electron chi connectivity index (χ1n) is 6.86. The van der Waals surface area contributed by atoms with Gasteiger partial charge >= 0.3 is 0 Å². The molecular weight excluding hydrogens is 248 g/mol. The third-order valence-electron chi connectivity index (χ3n) is 3.44. The summed E-state index contributed by atoms with van der Waals surface area (Å²) >= 11 is 0. The largest absolute Gasteiger partial charge is 0.369 e. The summed E-state index contributed by atoms with van der Waals surface area (Å²) in [6, 6.07) is 12.5. The maximum atomic E-state index is 5.99. The molecule has 2 N–H and O–H groups in total. The van der Waals surface area contributed by atoms with Crippen LogP contribution in [0.25, 0.3) is 11.2 Å². The highest BCUT2D eigenvalue weighted by Crippen LogP contribution is 2.17. The van der Waals surface area contributed by atoms with E-state index in [1.165, 1.54) is 5.56 Å². The van der Waals surface area contributed by atoms with E-state index in [1.807, 2.05) is 29.8 Å². The van der Waals surface area contributed by atoms with E-state index in [0.717, 1.165) is 36.1 Å². The number of aryl methyl sites for hydroxylation is 3. The molecular formula is C16H18N4. The molecule has 0 aliphatic carbocycles. The van der Waals surface area contributed by atoms with Gasteiger partial charge in [0.1, 0.15) is 5.52 Å². The van der Waals surface area contributed by atoms with Gasteiger partial charge in [-0.1, -0.05) is 30.3 Å². The molecule has 0 saturated carbocycles. The Morgan fingerprint density at radius 3 is 2.80 bits per heavy atom. The van der Waals surface area contributed by atoms with Crippen LogP contribution in [0.1, 0.15) is 17.5 Å². The second-order valence-electron chi connectivity index (χ2n) is 5.07. The molecule has 0 radical (unpaired) electrons. The first kappa shape index (κ1) is 12.7. The molecule has 20 heavy (non-hydrogen) atoms. The van der Waals surface area contributed by atoms with E-state index < -0.39 is 0 Å². The molecule has 0 spiro atoms. The zero-order chi connectivity index (χ0) is 13.9. The summed E-state index contributed by atoms with van der Waals surface area (Å²) in [6.07, 6.45) is 3.91. The number of nitrogen functional groups attached to an aromatic ring is 1. The fraction of sp³-hybridized carbons (Fsp3) is 0.250. The Bertz CT molecular complexity index is 716. The van der Waals surface area contributed by atoms with Crippen molar-refractivity contribution in [2.45, 2.75) is 26.3 Å². The van der Waals surface area contributed by atoms with E-state index in [0.29, 0.717) is 5.95 Å². The number of rotatable bonds is 4. The summed E-state index contributed by atoms with van der Waals surface area (Å²) in [4.78, 5) is 8.83. The van der Waals surface area contributed by atoms with Crippen LogP contribution in [-0.2, 0) is 13.0 Å². The van der Waals surface area contributed by atoms with Crippen LogP contribution in [0.2, 0.25) is 0 Å². The van der Waals surface area contributed by atoms with E-state index in [2.05, 4.69) is 34.2 Å². The lowest BCUT2D eigenvalue weighted by Gasteiger charge is -2.06. The van der Waals surface area contributed by atoms with Gasteiger partial charge in [0.15, 0.2) is 5.65 Å². The number of pyridine rings is 1. The van der Waals surface area contributed by atoms with Gasteiger partial charge in [-0.05, 0) is 37.0 Å². The molecule has 4 heteroatoms. The number of aromatic nitrogens is 3.